The van der Waals surface area contributed by atoms with Crippen molar-refractivity contribution in [3.05, 3.63) is 29.3 Å². The third kappa shape index (κ3) is 4.59. The summed E-state index contributed by atoms with van der Waals surface area (Å²) in [5.41, 5.74) is -0.105. The number of aliphatic hydroxyl groups is 1. The highest BCUT2D eigenvalue weighted by Crippen LogP contribution is 2.17. The van der Waals surface area contributed by atoms with Crippen molar-refractivity contribution in [3.63, 3.8) is 0 Å². The van der Waals surface area contributed by atoms with Crippen LogP contribution < -0.4 is 4.72 Å². The van der Waals surface area contributed by atoms with Gasteiger partial charge in [0.1, 0.15) is 0 Å². The Kier molecular flexibility index (Phi) is 4.90. The van der Waals surface area contributed by atoms with Crippen LogP contribution >= 0.6 is 0 Å². The summed E-state index contributed by atoms with van der Waals surface area (Å²) in [5, 5.41) is 18.4. The Bertz CT molecular complexity index is 607. The minimum Gasteiger partial charge on any atom is -0.481 e. The molecule has 0 aliphatic heterocycles. The molecule has 1 aromatic carbocycles. The van der Waals surface area contributed by atoms with Gasteiger partial charge in [0.15, 0.2) is 0 Å². The second-order valence-corrected chi connectivity index (χ2v) is 6.90. The average molecular weight is 301 g/mol. The van der Waals surface area contributed by atoms with Gasteiger partial charge in [0.05, 0.1) is 16.9 Å². The first-order valence-electron chi connectivity index (χ1n) is 6.05. The first-order chi connectivity index (χ1) is 9.03. The van der Waals surface area contributed by atoms with Crippen LogP contribution in [0.1, 0.15) is 24.5 Å². The third-order valence-corrected chi connectivity index (χ3v) is 4.36. The molecule has 0 saturated carbocycles. The molecule has 0 spiro atoms. The summed E-state index contributed by atoms with van der Waals surface area (Å²) in [5.74, 6) is -1.19. The van der Waals surface area contributed by atoms with Gasteiger partial charge in [-0.15, -0.1) is 0 Å². The number of nitrogens with one attached hydrogen (secondary N) is 1. The smallest absolute Gasteiger partial charge is 0.306 e. The molecule has 6 nitrogen and oxygen atoms in total. The zero-order valence-corrected chi connectivity index (χ0v) is 12.5. The predicted octanol–water partition coefficient (Wildman–Crippen LogP) is 0.807. The van der Waals surface area contributed by atoms with Crippen LogP contribution in [0.25, 0.3) is 0 Å². The number of aliphatic carboxylic acids is 1. The predicted molar refractivity (Wildman–Crippen MR) is 74.0 cm³/mol. The van der Waals surface area contributed by atoms with E-state index in [1.54, 1.807) is 19.1 Å². The first kappa shape index (κ1) is 16.6. The lowest BCUT2D eigenvalue weighted by atomic mass is 10.0. The molecule has 1 unspecified atom stereocenters. The molecule has 20 heavy (non-hydrogen) atoms. The maximum atomic E-state index is 12.1. The van der Waals surface area contributed by atoms with Gasteiger partial charge in [0.2, 0.25) is 10.0 Å². The van der Waals surface area contributed by atoms with Gasteiger partial charge in [-0.25, -0.2) is 13.1 Å². The summed E-state index contributed by atoms with van der Waals surface area (Å²) in [6.45, 7) is 4.44. The molecule has 0 heterocycles. The zero-order chi connectivity index (χ0) is 15.6. The van der Waals surface area contributed by atoms with Crippen LogP contribution in [0, 0.1) is 13.8 Å². The van der Waals surface area contributed by atoms with Gasteiger partial charge < -0.3 is 10.2 Å². The van der Waals surface area contributed by atoms with E-state index in [1.807, 2.05) is 6.92 Å². The van der Waals surface area contributed by atoms with Crippen molar-refractivity contribution < 1.29 is 23.4 Å². The van der Waals surface area contributed by atoms with E-state index in [0.29, 0.717) is 5.56 Å². The summed E-state index contributed by atoms with van der Waals surface area (Å²) >= 11 is 0. The van der Waals surface area contributed by atoms with Crippen molar-refractivity contribution in [1.82, 2.24) is 4.72 Å². The summed E-state index contributed by atoms with van der Waals surface area (Å²) in [4.78, 5) is 10.7. The van der Waals surface area contributed by atoms with E-state index < -0.39 is 28.0 Å². The lowest BCUT2D eigenvalue weighted by Gasteiger charge is -2.21. The Labute approximate surface area is 118 Å². The lowest BCUT2D eigenvalue weighted by molar-refractivity contribution is -0.141. The fourth-order valence-corrected chi connectivity index (χ4v) is 3.20. The molecule has 0 saturated heterocycles. The summed E-state index contributed by atoms with van der Waals surface area (Å²) in [7, 11) is -3.78. The van der Waals surface area contributed by atoms with E-state index in [0.717, 1.165) is 5.56 Å². The Morgan fingerprint density at radius 3 is 2.45 bits per heavy atom. The number of hydrogen-bond acceptors (Lipinski definition) is 4. The van der Waals surface area contributed by atoms with E-state index in [-0.39, 0.29) is 11.4 Å². The maximum Gasteiger partial charge on any atom is 0.306 e. The molecule has 3 N–H and O–H groups in total. The van der Waals surface area contributed by atoms with Gasteiger partial charge >= 0.3 is 5.97 Å². The van der Waals surface area contributed by atoms with Gasteiger partial charge in [-0.05, 0) is 32.4 Å². The number of carboxylic acid groups (broad SMARTS) is 1. The van der Waals surface area contributed by atoms with E-state index in [1.165, 1.54) is 13.0 Å². The molecule has 0 bridgehead atoms. The van der Waals surface area contributed by atoms with Crippen LogP contribution in [0.3, 0.4) is 0 Å². The minimum absolute atomic E-state index is 0.120. The zero-order valence-electron chi connectivity index (χ0n) is 11.7. The number of aryl methyl sites for hydroxylation is 2. The summed E-state index contributed by atoms with van der Waals surface area (Å²) < 4.78 is 26.5. The fraction of sp³-hybridized carbons (Fsp3) is 0.462. The highest BCUT2D eigenvalue weighted by molar-refractivity contribution is 7.89. The molecular weight excluding hydrogens is 282 g/mol. The molecule has 0 aliphatic carbocycles. The standard InChI is InChI=1S/C13H19NO5S/c1-9-4-5-11(10(2)6-9)20(18,19)14-8-13(3,17)7-12(15)16/h4-6,14,17H,7-8H2,1-3H3,(H,15,16). The normalized spacial score (nSPS) is 14.8. The van der Waals surface area contributed by atoms with E-state index in [2.05, 4.69) is 4.72 Å². The Morgan fingerprint density at radius 2 is 1.95 bits per heavy atom. The number of sulfonamides is 1. The van der Waals surface area contributed by atoms with Crippen LogP contribution in [-0.2, 0) is 14.8 Å². The Morgan fingerprint density at radius 1 is 1.35 bits per heavy atom. The summed E-state index contributed by atoms with van der Waals surface area (Å²) in [6.07, 6.45) is -0.539. The van der Waals surface area contributed by atoms with Gasteiger partial charge in [-0.2, -0.15) is 0 Å². The summed E-state index contributed by atoms with van der Waals surface area (Å²) in [6, 6.07) is 4.90. The number of carbonyl (C=O) groups is 1. The van der Waals surface area contributed by atoms with E-state index >= 15 is 0 Å². The molecule has 0 aliphatic rings. The maximum absolute atomic E-state index is 12.1. The van der Waals surface area contributed by atoms with Crippen molar-refractivity contribution in [2.75, 3.05) is 6.54 Å². The van der Waals surface area contributed by atoms with Crippen molar-refractivity contribution in [2.45, 2.75) is 37.7 Å². The molecule has 7 heteroatoms. The van der Waals surface area contributed by atoms with Gasteiger partial charge in [0, 0.05) is 6.54 Å². The molecule has 112 valence electrons. The number of benzene rings is 1. The largest absolute Gasteiger partial charge is 0.481 e. The molecule has 0 amide bonds. The van der Waals surface area contributed by atoms with Gasteiger partial charge in [0.25, 0.3) is 0 Å². The third-order valence-electron chi connectivity index (χ3n) is 2.80. The SMILES string of the molecule is Cc1ccc(S(=O)(=O)NCC(C)(O)CC(=O)O)c(C)c1. The topological polar surface area (TPSA) is 104 Å². The van der Waals surface area contributed by atoms with Crippen LogP contribution in [0.15, 0.2) is 23.1 Å². The second kappa shape index (κ2) is 5.90. The molecule has 1 atom stereocenters. The minimum atomic E-state index is -3.78. The molecule has 1 rings (SSSR count). The van der Waals surface area contributed by atoms with Crippen LogP contribution in [-0.4, -0.2) is 36.7 Å². The molecule has 1 aromatic rings. The van der Waals surface area contributed by atoms with Crippen molar-refractivity contribution in [3.8, 4) is 0 Å². The van der Waals surface area contributed by atoms with Crippen LogP contribution in [0.2, 0.25) is 0 Å². The van der Waals surface area contributed by atoms with Crippen LogP contribution in [0.4, 0.5) is 0 Å². The number of rotatable bonds is 6. The first-order valence-corrected chi connectivity index (χ1v) is 7.53. The van der Waals surface area contributed by atoms with Gasteiger partial charge in [-0.3, -0.25) is 4.79 Å². The highest BCUT2D eigenvalue weighted by atomic mass is 32.2. The number of carboxylic acids is 1. The fourth-order valence-electron chi connectivity index (χ4n) is 1.82. The second-order valence-electron chi connectivity index (χ2n) is 5.16. The lowest BCUT2D eigenvalue weighted by Crippen LogP contribution is -2.42. The van der Waals surface area contributed by atoms with Crippen LogP contribution in [0.5, 0.6) is 0 Å². The molecule has 0 radical (unpaired) electrons. The monoisotopic (exact) mass is 301 g/mol. The molecule has 0 fully saturated rings. The quantitative estimate of drug-likeness (QED) is 0.721. The van der Waals surface area contributed by atoms with Crippen molar-refractivity contribution in [1.29, 1.82) is 0 Å². The Balaban J connectivity index is 2.88. The van der Waals surface area contributed by atoms with Gasteiger partial charge in [-0.1, -0.05) is 17.7 Å². The molecular formula is C13H19NO5S. The number of hydrogen-bond donors (Lipinski definition) is 3. The highest BCUT2D eigenvalue weighted by Gasteiger charge is 2.27. The van der Waals surface area contributed by atoms with Crippen molar-refractivity contribution >= 4 is 16.0 Å². The van der Waals surface area contributed by atoms with E-state index in [9.17, 15) is 18.3 Å². The Hall–Kier alpha value is -1.44. The average Bonchev–Trinajstić information content (AvgIpc) is 2.24. The van der Waals surface area contributed by atoms with Crippen molar-refractivity contribution in [2.24, 2.45) is 0 Å². The van der Waals surface area contributed by atoms with E-state index in [4.69, 9.17) is 5.11 Å². The molecule has 0 aromatic heterocycles.